The fourth-order valence-corrected chi connectivity index (χ4v) is 5.25. The van der Waals surface area contributed by atoms with E-state index in [2.05, 4.69) is 55.3 Å². The molecule has 2 amide bonds. The monoisotopic (exact) mass is 429 g/mol. The molecule has 4 atom stereocenters. The number of nitrogens with one attached hydrogen (secondary N) is 1. The average molecular weight is 430 g/mol. The van der Waals surface area contributed by atoms with E-state index in [1.54, 1.807) is 0 Å². The van der Waals surface area contributed by atoms with Gasteiger partial charge < -0.3 is 10.4 Å². The molecule has 0 spiro atoms. The number of likely N-dealkylation sites (N-methyl/N-ethyl adjacent to an activating group) is 1. The van der Waals surface area contributed by atoms with Gasteiger partial charge in [0.1, 0.15) is 6.04 Å². The molecule has 1 heterocycles. The van der Waals surface area contributed by atoms with Gasteiger partial charge in [0.05, 0.1) is 0 Å². The second-order valence-corrected chi connectivity index (χ2v) is 10.7. The van der Waals surface area contributed by atoms with Gasteiger partial charge >= 0.3 is 6.09 Å². The van der Waals surface area contributed by atoms with Crippen LogP contribution in [0.2, 0.25) is 0 Å². The van der Waals surface area contributed by atoms with Crippen LogP contribution in [0.15, 0.2) is 30.3 Å². The Morgan fingerprint density at radius 3 is 2.55 bits per heavy atom. The molecular weight excluding hydrogens is 390 g/mol. The molecular formula is C25H39N3O3. The molecule has 31 heavy (non-hydrogen) atoms. The molecule has 1 aromatic rings. The van der Waals surface area contributed by atoms with Gasteiger partial charge in [0.2, 0.25) is 5.91 Å². The van der Waals surface area contributed by atoms with Gasteiger partial charge in [0.25, 0.3) is 0 Å². The molecule has 2 aliphatic rings. The third-order valence-electron chi connectivity index (χ3n) is 6.99. The van der Waals surface area contributed by atoms with Crippen LogP contribution in [0.3, 0.4) is 0 Å². The van der Waals surface area contributed by atoms with Crippen LogP contribution in [0.25, 0.3) is 0 Å². The average Bonchev–Trinajstić information content (AvgIpc) is 3.25. The van der Waals surface area contributed by atoms with Gasteiger partial charge in [-0.15, -0.1) is 0 Å². The van der Waals surface area contributed by atoms with Gasteiger partial charge in [-0.1, -0.05) is 57.5 Å². The summed E-state index contributed by atoms with van der Waals surface area (Å²) in [5.41, 5.74) is 1.50. The van der Waals surface area contributed by atoms with Crippen molar-refractivity contribution in [3.05, 3.63) is 35.9 Å². The molecule has 1 aromatic carbocycles. The molecule has 0 bridgehead atoms. The molecule has 0 radical (unpaired) electrons. The van der Waals surface area contributed by atoms with E-state index in [0.717, 1.165) is 45.3 Å². The summed E-state index contributed by atoms with van der Waals surface area (Å²) in [5, 5.41) is 12.7. The van der Waals surface area contributed by atoms with Crippen LogP contribution in [0.5, 0.6) is 0 Å². The maximum Gasteiger partial charge on any atom is 0.407 e. The zero-order valence-electron chi connectivity index (χ0n) is 19.5. The van der Waals surface area contributed by atoms with E-state index in [-0.39, 0.29) is 17.4 Å². The number of hydrogen-bond acceptors (Lipinski definition) is 3. The highest BCUT2D eigenvalue weighted by atomic mass is 16.4. The number of nitrogens with zero attached hydrogens (tertiary/aromatic N) is 2. The number of carboxylic acid groups (broad SMARTS) is 1. The Hall–Kier alpha value is -2.08. The van der Waals surface area contributed by atoms with Gasteiger partial charge in [-0.2, -0.15) is 0 Å². The maximum absolute atomic E-state index is 13.1. The van der Waals surface area contributed by atoms with E-state index in [1.165, 1.54) is 17.5 Å². The lowest BCUT2D eigenvalue weighted by Gasteiger charge is -2.29. The van der Waals surface area contributed by atoms with Gasteiger partial charge in [-0.05, 0) is 48.5 Å². The molecule has 172 valence electrons. The number of rotatable bonds is 8. The Bertz CT molecular complexity index is 746. The highest BCUT2D eigenvalue weighted by molar-refractivity contribution is 5.85. The number of fused-ring (bicyclic) bond motifs is 1. The third kappa shape index (κ3) is 6.45. The summed E-state index contributed by atoms with van der Waals surface area (Å²) in [6, 6.07) is 10.0. The van der Waals surface area contributed by atoms with Crippen molar-refractivity contribution in [2.75, 3.05) is 20.1 Å². The standard InChI is InChI=1S/C25H39N3O3/c1-25(2,3)14-8-11-22(27(4)24(30)31)23(29)26-21-13-12-19-16-28(17-20(19)21)15-18-9-6-5-7-10-18/h5-7,9-10,19-22H,8,11-17H2,1-4H3,(H,26,29)(H,30,31)/t19-,20+,21-,22+/m1/s1. The Labute approximate surface area is 187 Å². The first-order chi connectivity index (χ1) is 14.6. The molecule has 6 nitrogen and oxygen atoms in total. The molecule has 1 saturated carbocycles. The zero-order valence-corrected chi connectivity index (χ0v) is 19.5. The predicted molar refractivity (Wildman–Crippen MR) is 123 cm³/mol. The minimum Gasteiger partial charge on any atom is -0.465 e. The third-order valence-corrected chi connectivity index (χ3v) is 6.99. The Morgan fingerprint density at radius 1 is 1.19 bits per heavy atom. The lowest BCUT2D eigenvalue weighted by atomic mass is 9.88. The van der Waals surface area contributed by atoms with E-state index in [0.29, 0.717) is 18.3 Å². The number of amides is 2. The summed E-state index contributed by atoms with van der Waals surface area (Å²) in [5.74, 6) is 0.939. The zero-order chi connectivity index (χ0) is 22.6. The molecule has 6 heteroatoms. The maximum atomic E-state index is 13.1. The molecule has 1 saturated heterocycles. The Kier molecular flexibility index (Phi) is 7.63. The topological polar surface area (TPSA) is 72.9 Å². The highest BCUT2D eigenvalue weighted by Crippen LogP contribution is 2.38. The Balaban J connectivity index is 1.57. The van der Waals surface area contributed by atoms with E-state index in [4.69, 9.17) is 0 Å². The quantitative estimate of drug-likeness (QED) is 0.649. The van der Waals surface area contributed by atoms with Crippen molar-refractivity contribution in [2.45, 2.75) is 71.5 Å². The largest absolute Gasteiger partial charge is 0.465 e. The highest BCUT2D eigenvalue weighted by Gasteiger charge is 2.43. The second-order valence-electron chi connectivity index (χ2n) is 10.7. The summed E-state index contributed by atoms with van der Waals surface area (Å²) >= 11 is 0. The molecule has 0 aromatic heterocycles. The number of benzene rings is 1. The van der Waals surface area contributed by atoms with Crippen LogP contribution >= 0.6 is 0 Å². The minimum atomic E-state index is -1.05. The van der Waals surface area contributed by atoms with Crippen LogP contribution in [0, 0.1) is 17.3 Å². The van der Waals surface area contributed by atoms with Crippen molar-refractivity contribution in [3.63, 3.8) is 0 Å². The fourth-order valence-electron chi connectivity index (χ4n) is 5.25. The van der Waals surface area contributed by atoms with E-state index >= 15 is 0 Å². The van der Waals surface area contributed by atoms with Crippen LogP contribution < -0.4 is 5.32 Å². The first-order valence-electron chi connectivity index (χ1n) is 11.7. The van der Waals surface area contributed by atoms with Crippen molar-refractivity contribution in [1.82, 2.24) is 15.1 Å². The van der Waals surface area contributed by atoms with Gasteiger partial charge in [-0.25, -0.2) is 4.79 Å². The Morgan fingerprint density at radius 2 is 1.90 bits per heavy atom. The summed E-state index contributed by atoms with van der Waals surface area (Å²) in [6.07, 6.45) is 3.44. The van der Waals surface area contributed by atoms with Crippen molar-refractivity contribution >= 4 is 12.0 Å². The predicted octanol–water partition coefficient (Wildman–Crippen LogP) is 4.21. The van der Waals surface area contributed by atoms with Crippen molar-refractivity contribution < 1.29 is 14.7 Å². The number of hydrogen-bond donors (Lipinski definition) is 2. The smallest absolute Gasteiger partial charge is 0.407 e. The number of carbonyl (C=O) groups excluding carboxylic acids is 1. The van der Waals surface area contributed by atoms with Crippen molar-refractivity contribution in [2.24, 2.45) is 17.3 Å². The summed E-state index contributed by atoms with van der Waals surface area (Å²) in [4.78, 5) is 28.4. The lowest BCUT2D eigenvalue weighted by Crippen LogP contribution is -2.51. The first kappa shape index (κ1) is 23.6. The van der Waals surface area contributed by atoms with Crippen LogP contribution in [-0.4, -0.2) is 59.1 Å². The summed E-state index contributed by atoms with van der Waals surface area (Å²) in [6.45, 7) is 9.53. The molecule has 1 aliphatic heterocycles. The molecule has 0 unspecified atom stereocenters. The van der Waals surface area contributed by atoms with E-state index in [1.807, 2.05) is 6.07 Å². The molecule has 2 fully saturated rings. The summed E-state index contributed by atoms with van der Waals surface area (Å²) in [7, 11) is 1.51. The normalized spacial score (nSPS) is 24.6. The van der Waals surface area contributed by atoms with Gasteiger partial charge in [0.15, 0.2) is 0 Å². The number of carbonyl (C=O) groups is 2. The number of likely N-dealkylation sites (tertiary alicyclic amines) is 1. The lowest BCUT2D eigenvalue weighted by molar-refractivity contribution is -0.126. The van der Waals surface area contributed by atoms with Crippen LogP contribution in [0.1, 0.15) is 58.4 Å². The molecule has 2 N–H and O–H groups in total. The van der Waals surface area contributed by atoms with E-state index < -0.39 is 12.1 Å². The minimum absolute atomic E-state index is 0.133. The summed E-state index contributed by atoms with van der Waals surface area (Å²) < 4.78 is 0. The second kappa shape index (κ2) is 10.0. The van der Waals surface area contributed by atoms with Crippen molar-refractivity contribution in [1.29, 1.82) is 0 Å². The first-order valence-corrected chi connectivity index (χ1v) is 11.7. The van der Waals surface area contributed by atoms with Gasteiger partial charge in [0, 0.05) is 32.7 Å². The van der Waals surface area contributed by atoms with Crippen molar-refractivity contribution in [3.8, 4) is 0 Å². The van der Waals surface area contributed by atoms with Gasteiger partial charge in [-0.3, -0.25) is 14.6 Å². The van der Waals surface area contributed by atoms with E-state index in [9.17, 15) is 14.7 Å². The molecule has 1 aliphatic carbocycles. The van der Waals surface area contributed by atoms with Crippen LogP contribution in [-0.2, 0) is 11.3 Å². The SMILES string of the molecule is CN(C(=O)O)[C@@H](CCCC(C)(C)C)C(=O)N[C@@H]1CC[C@@H]2CN(Cc3ccccc3)C[C@@H]21. The molecule has 3 rings (SSSR count). The van der Waals surface area contributed by atoms with Crippen LogP contribution in [0.4, 0.5) is 4.79 Å². The fraction of sp³-hybridized carbons (Fsp3) is 0.680.